The Hall–Kier alpha value is -2.53. The number of rotatable bonds is 8. The number of fused-ring (bicyclic) bond motifs is 1. The van der Waals surface area contributed by atoms with Crippen LogP contribution in [0.3, 0.4) is 0 Å². The second kappa shape index (κ2) is 8.23. The van der Waals surface area contributed by atoms with Crippen molar-refractivity contribution in [2.24, 2.45) is 0 Å². The molecule has 150 valence electrons. The zero-order valence-corrected chi connectivity index (χ0v) is 17.1. The van der Waals surface area contributed by atoms with Crippen molar-refractivity contribution >= 4 is 5.91 Å². The highest BCUT2D eigenvalue weighted by Gasteiger charge is 2.33. The van der Waals surface area contributed by atoms with Gasteiger partial charge in [0.2, 0.25) is 0 Å². The molecule has 1 amide bonds. The summed E-state index contributed by atoms with van der Waals surface area (Å²) in [6.45, 7) is 6.44. The van der Waals surface area contributed by atoms with Crippen molar-refractivity contribution in [3.05, 3.63) is 59.7 Å². The van der Waals surface area contributed by atoms with E-state index in [2.05, 4.69) is 5.32 Å². The highest BCUT2D eigenvalue weighted by molar-refractivity contribution is 5.77. The highest BCUT2D eigenvalue weighted by Crippen LogP contribution is 2.41. The molecule has 0 aliphatic carbocycles. The lowest BCUT2D eigenvalue weighted by atomic mass is 9.90. The monoisotopic (exact) mass is 383 g/mol. The molecule has 5 heteroatoms. The first-order valence-electron chi connectivity index (χ1n) is 9.70. The van der Waals surface area contributed by atoms with Crippen LogP contribution < -0.4 is 14.8 Å². The minimum atomic E-state index is -0.557. The molecule has 0 bridgehead atoms. The Morgan fingerprint density at radius 1 is 1.18 bits per heavy atom. The minimum absolute atomic E-state index is 0.0709. The molecule has 0 fully saturated rings. The molecular weight excluding hydrogens is 354 g/mol. The number of carbonyl (C=O) groups is 1. The second-order valence-corrected chi connectivity index (χ2v) is 7.77. The summed E-state index contributed by atoms with van der Waals surface area (Å²) in [5.41, 5.74) is 1.34. The van der Waals surface area contributed by atoms with Gasteiger partial charge in [-0.05, 0) is 31.9 Å². The van der Waals surface area contributed by atoms with Gasteiger partial charge in [0, 0.05) is 19.1 Å². The second-order valence-electron chi connectivity index (χ2n) is 7.77. The van der Waals surface area contributed by atoms with Crippen LogP contribution in [0.2, 0.25) is 0 Å². The molecule has 0 spiro atoms. The van der Waals surface area contributed by atoms with E-state index in [-0.39, 0.29) is 18.1 Å². The molecule has 1 heterocycles. The van der Waals surface area contributed by atoms with Gasteiger partial charge >= 0.3 is 0 Å². The predicted molar refractivity (Wildman–Crippen MR) is 109 cm³/mol. The van der Waals surface area contributed by atoms with Crippen molar-refractivity contribution in [2.45, 2.75) is 44.8 Å². The van der Waals surface area contributed by atoms with E-state index in [1.54, 1.807) is 7.11 Å². The third-order valence-corrected chi connectivity index (χ3v) is 5.25. The minimum Gasteiger partial charge on any atom is -0.483 e. The van der Waals surface area contributed by atoms with E-state index in [1.807, 2.05) is 69.3 Å². The first-order valence-corrected chi connectivity index (χ1v) is 9.70. The number of para-hydroxylation sites is 1. The molecule has 0 aromatic heterocycles. The topological polar surface area (TPSA) is 56.8 Å². The maximum Gasteiger partial charge on any atom is 0.258 e. The van der Waals surface area contributed by atoms with Gasteiger partial charge in [-0.3, -0.25) is 4.79 Å². The molecule has 28 heavy (non-hydrogen) atoms. The summed E-state index contributed by atoms with van der Waals surface area (Å²) in [7, 11) is 1.67. The summed E-state index contributed by atoms with van der Waals surface area (Å²) < 4.78 is 17.5. The summed E-state index contributed by atoms with van der Waals surface area (Å²) in [5.74, 6) is 1.15. The fourth-order valence-corrected chi connectivity index (χ4v) is 3.64. The molecule has 2 aromatic rings. The Kier molecular flexibility index (Phi) is 5.94. The zero-order valence-electron chi connectivity index (χ0n) is 17.1. The van der Waals surface area contributed by atoms with E-state index in [4.69, 9.17) is 14.2 Å². The lowest BCUT2D eigenvalue weighted by Crippen LogP contribution is -2.43. The van der Waals surface area contributed by atoms with Crippen LogP contribution in [0, 0.1) is 0 Å². The van der Waals surface area contributed by atoms with E-state index >= 15 is 0 Å². The van der Waals surface area contributed by atoms with Gasteiger partial charge in [0.1, 0.15) is 11.2 Å². The number of methoxy groups -OCH3 is 1. The smallest absolute Gasteiger partial charge is 0.258 e. The van der Waals surface area contributed by atoms with Crippen LogP contribution in [0.1, 0.15) is 38.3 Å². The first-order chi connectivity index (χ1) is 13.4. The molecule has 1 aliphatic rings. The molecule has 1 atom stereocenters. The fourth-order valence-electron chi connectivity index (χ4n) is 3.64. The molecule has 1 aliphatic heterocycles. The SMILES string of the molecule is CCC(CNC(=O)COc1cccc2c1OC(C)(C)C2)(OC)c1ccccc1. The molecule has 2 aromatic carbocycles. The number of hydrogen-bond donors (Lipinski definition) is 1. The van der Waals surface area contributed by atoms with Crippen molar-refractivity contribution in [1.29, 1.82) is 0 Å². The molecular formula is C23H29NO4. The third-order valence-electron chi connectivity index (χ3n) is 5.25. The third kappa shape index (κ3) is 4.30. The summed E-state index contributed by atoms with van der Waals surface area (Å²) in [6.07, 6.45) is 1.57. The summed E-state index contributed by atoms with van der Waals surface area (Å²) >= 11 is 0. The Bertz CT molecular complexity index is 813. The molecule has 0 saturated carbocycles. The Morgan fingerprint density at radius 3 is 2.61 bits per heavy atom. The lowest BCUT2D eigenvalue weighted by molar-refractivity contribution is -0.125. The molecule has 3 rings (SSSR count). The largest absolute Gasteiger partial charge is 0.483 e. The Morgan fingerprint density at radius 2 is 1.93 bits per heavy atom. The van der Waals surface area contributed by atoms with Gasteiger partial charge in [-0.25, -0.2) is 0 Å². The number of benzene rings is 2. The van der Waals surface area contributed by atoms with Crippen molar-refractivity contribution in [3.63, 3.8) is 0 Å². The van der Waals surface area contributed by atoms with Crippen LogP contribution in [0.15, 0.2) is 48.5 Å². The van der Waals surface area contributed by atoms with Crippen LogP contribution >= 0.6 is 0 Å². The number of amides is 1. The maximum absolute atomic E-state index is 12.4. The summed E-state index contributed by atoms with van der Waals surface area (Å²) in [5, 5.41) is 2.95. The van der Waals surface area contributed by atoms with Crippen LogP contribution in [0.4, 0.5) is 0 Å². The number of carbonyl (C=O) groups excluding carboxylic acids is 1. The van der Waals surface area contributed by atoms with Crippen molar-refractivity contribution in [1.82, 2.24) is 5.32 Å². The van der Waals surface area contributed by atoms with Crippen LogP contribution in [0.5, 0.6) is 11.5 Å². The molecule has 5 nitrogen and oxygen atoms in total. The predicted octanol–water partition coefficient (Wildman–Crippen LogP) is 3.85. The fraction of sp³-hybridized carbons (Fsp3) is 0.435. The molecule has 0 radical (unpaired) electrons. The van der Waals surface area contributed by atoms with Gasteiger partial charge in [-0.2, -0.15) is 0 Å². The van der Waals surface area contributed by atoms with Crippen molar-refractivity contribution in [2.75, 3.05) is 20.3 Å². The molecule has 1 N–H and O–H groups in total. The van der Waals surface area contributed by atoms with E-state index in [1.165, 1.54) is 0 Å². The maximum atomic E-state index is 12.4. The average molecular weight is 383 g/mol. The Labute approximate surface area is 167 Å². The summed E-state index contributed by atoms with van der Waals surface area (Å²) in [6, 6.07) is 15.7. The number of hydrogen-bond acceptors (Lipinski definition) is 4. The van der Waals surface area contributed by atoms with Crippen molar-refractivity contribution in [3.8, 4) is 11.5 Å². The van der Waals surface area contributed by atoms with Gasteiger partial charge < -0.3 is 19.5 Å². The van der Waals surface area contributed by atoms with Gasteiger partial charge in [-0.15, -0.1) is 0 Å². The van der Waals surface area contributed by atoms with Gasteiger partial charge in [0.15, 0.2) is 18.1 Å². The van der Waals surface area contributed by atoms with Crippen molar-refractivity contribution < 1.29 is 19.0 Å². The standard InChI is InChI=1S/C23H29NO4/c1-5-23(26-4,18-11-7-6-8-12-18)16-24-20(25)15-27-19-13-9-10-17-14-22(2,3)28-21(17)19/h6-13H,5,14-16H2,1-4H3,(H,24,25). The normalized spacial score (nSPS) is 16.6. The van der Waals surface area contributed by atoms with Crippen LogP contribution in [-0.4, -0.2) is 31.8 Å². The highest BCUT2D eigenvalue weighted by atomic mass is 16.5. The van der Waals surface area contributed by atoms with E-state index in [9.17, 15) is 4.79 Å². The van der Waals surface area contributed by atoms with Crippen LogP contribution in [0.25, 0.3) is 0 Å². The van der Waals surface area contributed by atoms with E-state index < -0.39 is 5.60 Å². The summed E-state index contributed by atoms with van der Waals surface area (Å²) in [4.78, 5) is 12.4. The molecule has 0 saturated heterocycles. The Balaban J connectivity index is 1.61. The number of ether oxygens (including phenoxy) is 3. The zero-order chi connectivity index (χ0) is 20.2. The van der Waals surface area contributed by atoms with Gasteiger partial charge in [0.05, 0.1) is 6.54 Å². The van der Waals surface area contributed by atoms with Crippen LogP contribution in [-0.2, 0) is 21.6 Å². The quantitative estimate of drug-likeness (QED) is 0.752. The molecule has 1 unspecified atom stereocenters. The van der Waals surface area contributed by atoms with Gasteiger partial charge in [0.25, 0.3) is 5.91 Å². The first kappa shape index (κ1) is 20.2. The van der Waals surface area contributed by atoms with E-state index in [0.29, 0.717) is 12.3 Å². The lowest BCUT2D eigenvalue weighted by Gasteiger charge is -2.32. The average Bonchev–Trinajstić information content (AvgIpc) is 3.02. The van der Waals surface area contributed by atoms with E-state index in [0.717, 1.165) is 29.7 Å². The number of nitrogens with one attached hydrogen (secondary N) is 1. The van der Waals surface area contributed by atoms with Gasteiger partial charge in [-0.1, -0.05) is 49.4 Å².